The van der Waals surface area contributed by atoms with Crippen LogP contribution < -0.4 is 11.5 Å². The molecule has 1 aromatic rings. The zero-order valence-corrected chi connectivity index (χ0v) is 8.98. The summed E-state index contributed by atoms with van der Waals surface area (Å²) in [4.78, 5) is 0. The topological polar surface area (TPSA) is 52.0 Å². The minimum absolute atomic E-state index is 0.0335. The van der Waals surface area contributed by atoms with Crippen molar-refractivity contribution in [1.82, 2.24) is 0 Å². The molecule has 0 saturated carbocycles. The molecule has 0 spiro atoms. The highest BCUT2D eigenvalue weighted by Gasteiger charge is 2.17. The Morgan fingerprint density at radius 3 is 2.43 bits per heavy atom. The summed E-state index contributed by atoms with van der Waals surface area (Å²) in [7, 11) is 0. The molecule has 0 aliphatic carbocycles. The molecule has 4 N–H and O–H groups in total. The summed E-state index contributed by atoms with van der Waals surface area (Å²) in [6.45, 7) is 3.91. The Balaban J connectivity index is 3.17. The molecule has 14 heavy (non-hydrogen) atoms. The Kier molecular flexibility index (Phi) is 3.34. The van der Waals surface area contributed by atoms with Gasteiger partial charge in [0.25, 0.3) is 0 Å². The van der Waals surface area contributed by atoms with Crippen LogP contribution in [-0.2, 0) is 0 Å². The minimum atomic E-state index is -0.583. The van der Waals surface area contributed by atoms with E-state index in [0.717, 1.165) is 0 Å². The zero-order valence-electron chi connectivity index (χ0n) is 8.22. The first-order valence-corrected chi connectivity index (χ1v) is 4.82. The number of nitrogens with two attached hydrogens (primary N) is 2. The fourth-order valence-corrected chi connectivity index (χ4v) is 1.49. The molecule has 1 atom stereocenters. The normalized spacial score (nSPS) is 13.3. The maximum atomic E-state index is 13.3. The third kappa shape index (κ3) is 1.99. The van der Waals surface area contributed by atoms with Crippen molar-refractivity contribution >= 4 is 17.3 Å². The van der Waals surface area contributed by atoms with Crippen LogP contribution in [0.5, 0.6) is 0 Å². The fraction of sp³-hybridized carbons (Fsp3) is 0.400. The van der Waals surface area contributed by atoms with Gasteiger partial charge in [-0.05, 0) is 17.5 Å². The Bertz CT molecular complexity index is 339. The van der Waals surface area contributed by atoms with E-state index in [0.29, 0.717) is 5.56 Å². The van der Waals surface area contributed by atoms with E-state index in [-0.39, 0.29) is 22.7 Å². The maximum absolute atomic E-state index is 13.3. The van der Waals surface area contributed by atoms with E-state index in [4.69, 9.17) is 23.1 Å². The van der Waals surface area contributed by atoms with E-state index in [1.807, 2.05) is 13.8 Å². The average molecular weight is 217 g/mol. The molecule has 0 heterocycles. The molecule has 2 nitrogen and oxygen atoms in total. The summed E-state index contributed by atoms with van der Waals surface area (Å²) < 4.78 is 13.3. The molecule has 0 unspecified atom stereocenters. The first kappa shape index (κ1) is 11.3. The second kappa shape index (κ2) is 4.15. The van der Waals surface area contributed by atoms with Gasteiger partial charge in [0.1, 0.15) is 0 Å². The van der Waals surface area contributed by atoms with E-state index < -0.39 is 5.82 Å². The number of halogens is 2. The van der Waals surface area contributed by atoms with Gasteiger partial charge < -0.3 is 11.5 Å². The molecule has 1 rings (SSSR count). The standard InChI is InChI=1S/C10H14ClFN2/c1-5(2)10(14)6-3-4-7(13)9(12)8(6)11/h3-5,10H,13-14H2,1-2H3/t10-/m0/s1. The highest BCUT2D eigenvalue weighted by molar-refractivity contribution is 6.31. The number of nitrogen functional groups attached to an aromatic ring is 1. The number of hydrogen-bond donors (Lipinski definition) is 2. The summed E-state index contributed by atoms with van der Waals surface area (Å²) in [5.41, 5.74) is 11.9. The molecule has 1 aromatic carbocycles. The van der Waals surface area contributed by atoms with Gasteiger partial charge in [-0.15, -0.1) is 0 Å². The van der Waals surface area contributed by atoms with Crippen LogP contribution in [0.15, 0.2) is 12.1 Å². The van der Waals surface area contributed by atoms with Gasteiger partial charge in [-0.2, -0.15) is 0 Å². The summed E-state index contributed by atoms with van der Waals surface area (Å²) >= 11 is 5.80. The lowest BCUT2D eigenvalue weighted by Gasteiger charge is -2.18. The van der Waals surface area contributed by atoms with E-state index in [9.17, 15) is 4.39 Å². The second-order valence-electron chi connectivity index (χ2n) is 3.64. The van der Waals surface area contributed by atoms with Gasteiger partial charge >= 0.3 is 0 Å². The lowest BCUT2D eigenvalue weighted by atomic mass is 9.96. The summed E-state index contributed by atoms with van der Waals surface area (Å²) in [5, 5.41) is 0.0335. The third-order valence-corrected chi connectivity index (χ3v) is 2.60. The van der Waals surface area contributed by atoms with Gasteiger partial charge in [-0.3, -0.25) is 0 Å². The van der Waals surface area contributed by atoms with Crippen molar-refractivity contribution in [2.75, 3.05) is 5.73 Å². The van der Waals surface area contributed by atoms with Gasteiger partial charge in [-0.1, -0.05) is 31.5 Å². The van der Waals surface area contributed by atoms with Crippen LogP contribution in [-0.4, -0.2) is 0 Å². The van der Waals surface area contributed by atoms with Gasteiger partial charge in [0.2, 0.25) is 0 Å². The Labute approximate surface area is 88.0 Å². The van der Waals surface area contributed by atoms with Crippen LogP contribution in [0.3, 0.4) is 0 Å². The van der Waals surface area contributed by atoms with Crippen LogP contribution in [0.2, 0.25) is 5.02 Å². The number of anilines is 1. The largest absolute Gasteiger partial charge is 0.396 e. The van der Waals surface area contributed by atoms with E-state index in [1.165, 1.54) is 6.07 Å². The van der Waals surface area contributed by atoms with Crippen molar-refractivity contribution in [3.63, 3.8) is 0 Å². The summed E-state index contributed by atoms with van der Waals surface area (Å²) in [6.07, 6.45) is 0. The molecule has 0 radical (unpaired) electrons. The monoisotopic (exact) mass is 216 g/mol. The predicted octanol–water partition coefficient (Wildman–Crippen LogP) is 2.72. The maximum Gasteiger partial charge on any atom is 0.164 e. The SMILES string of the molecule is CC(C)[C@H](N)c1ccc(N)c(F)c1Cl. The van der Waals surface area contributed by atoms with Crippen molar-refractivity contribution in [2.24, 2.45) is 11.7 Å². The molecule has 0 aromatic heterocycles. The highest BCUT2D eigenvalue weighted by atomic mass is 35.5. The molecular weight excluding hydrogens is 203 g/mol. The minimum Gasteiger partial charge on any atom is -0.396 e. The molecule has 0 bridgehead atoms. The summed E-state index contributed by atoms with van der Waals surface area (Å²) in [6, 6.07) is 2.89. The Morgan fingerprint density at radius 1 is 1.36 bits per heavy atom. The Hall–Kier alpha value is -0.800. The van der Waals surface area contributed by atoms with Gasteiger partial charge in [0, 0.05) is 6.04 Å². The Morgan fingerprint density at radius 2 is 1.93 bits per heavy atom. The van der Waals surface area contributed by atoms with Crippen LogP contribution in [0, 0.1) is 11.7 Å². The van der Waals surface area contributed by atoms with Crippen molar-refractivity contribution in [3.05, 3.63) is 28.5 Å². The van der Waals surface area contributed by atoms with Crippen molar-refractivity contribution in [1.29, 1.82) is 0 Å². The molecule has 4 heteroatoms. The number of benzene rings is 1. The average Bonchev–Trinajstić information content (AvgIpc) is 2.13. The van der Waals surface area contributed by atoms with Crippen LogP contribution in [0.1, 0.15) is 25.5 Å². The van der Waals surface area contributed by atoms with Crippen molar-refractivity contribution in [2.45, 2.75) is 19.9 Å². The number of rotatable bonds is 2. The van der Waals surface area contributed by atoms with Crippen molar-refractivity contribution in [3.8, 4) is 0 Å². The predicted molar refractivity (Wildman–Crippen MR) is 57.6 cm³/mol. The molecule has 0 amide bonds. The lowest BCUT2D eigenvalue weighted by Crippen LogP contribution is -2.17. The van der Waals surface area contributed by atoms with Crippen molar-refractivity contribution < 1.29 is 4.39 Å². The molecule has 0 fully saturated rings. The second-order valence-corrected chi connectivity index (χ2v) is 4.02. The quantitative estimate of drug-likeness (QED) is 0.747. The van der Waals surface area contributed by atoms with Crippen LogP contribution in [0.25, 0.3) is 0 Å². The van der Waals surface area contributed by atoms with E-state index >= 15 is 0 Å². The first-order valence-electron chi connectivity index (χ1n) is 4.44. The zero-order chi connectivity index (χ0) is 10.9. The van der Waals surface area contributed by atoms with Gasteiger partial charge in [0.15, 0.2) is 5.82 Å². The van der Waals surface area contributed by atoms with Crippen LogP contribution >= 0.6 is 11.6 Å². The van der Waals surface area contributed by atoms with Crippen LogP contribution in [0.4, 0.5) is 10.1 Å². The fourth-order valence-electron chi connectivity index (χ4n) is 1.20. The lowest BCUT2D eigenvalue weighted by molar-refractivity contribution is 0.510. The smallest absolute Gasteiger partial charge is 0.164 e. The molecule has 78 valence electrons. The molecule has 0 aliphatic rings. The molecule has 0 saturated heterocycles. The van der Waals surface area contributed by atoms with Gasteiger partial charge in [-0.25, -0.2) is 4.39 Å². The molecule has 0 aliphatic heterocycles. The first-order chi connectivity index (χ1) is 6.45. The molecular formula is C10H14ClFN2. The van der Waals surface area contributed by atoms with Gasteiger partial charge in [0.05, 0.1) is 10.7 Å². The van der Waals surface area contributed by atoms with E-state index in [2.05, 4.69) is 0 Å². The third-order valence-electron chi connectivity index (χ3n) is 2.22. The highest BCUT2D eigenvalue weighted by Crippen LogP contribution is 2.30. The summed E-state index contributed by atoms with van der Waals surface area (Å²) in [5.74, 6) is -0.379. The van der Waals surface area contributed by atoms with E-state index in [1.54, 1.807) is 6.07 Å². The number of hydrogen-bond acceptors (Lipinski definition) is 2.